The van der Waals surface area contributed by atoms with Crippen molar-refractivity contribution in [3.8, 4) is 11.5 Å². The van der Waals surface area contributed by atoms with Crippen LogP contribution in [0, 0.1) is 5.92 Å². The Kier molecular flexibility index (Phi) is 5.72. The largest absolute Gasteiger partial charge is 0.486 e. The third kappa shape index (κ3) is 4.36. The number of fused-ring (bicyclic) bond motifs is 1. The molecule has 2 aliphatic heterocycles. The summed E-state index contributed by atoms with van der Waals surface area (Å²) in [4.78, 5) is 12.6. The third-order valence-electron chi connectivity index (χ3n) is 5.95. The highest BCUT2D eigenvalue weighted by atomic mass is 32.2. The minimum Gasteiger partial charge on any atom is -0.486 e. The molecule has 1 amide bonds. The predicted octanol–water partition coefficient (Wildman–Crippen LogP) is 1.54. The molecule has 8 nitrogen and oxygen atoms in total. The van der Waals surface area contributed by atoms with Gasteiger partial charge in [0.15, 0.2) is 11.5 Å². The number of hydrogen-bond acceptors (Lipinski definition) is 6. The molecule has 1 aromatic rings. The number of piperidine rings is 1. The zero-order chi connectivity index (χ0) is 20.5. The molecule has 1 aliphatic carbocycles. The van der Waals surface area contributed by atoms with E-state index in [2.05, 4.69) is 5.32 Å². The predicted molar refractivity (Wildman–Crippen MR) is 106 cm³/mol. The lowest BCUT2D eigenvalue weighted by Gasteiger charge is -2.42. The maximum absolute atomic E-state index is 13.2. The van der Waals surface area contributed by atoms with Crippen molar-refractivity contribution in [1.82, 2.24) is 9.62 Å². The summed E-state index contributed by atoms with van der Waals surface area (Å²) >= 11 is 0. The number of rotatable bonds is 7. The molecule has 4 rings (SSSR count). The first-order valence-corrected chi connectivity index (χ1v) is 11.6. The van der Waals surface area contributed by atoms with Crippen molar-refractivity contribution in [2.45, 2.75) is 42.5 Å². The number of nitrogens with one attached hydrogen (secondary N) is 1. The van der Waals surface area contributed by atoms with Crippen LogP contribution in [0.2, 0.25) is 0 Å². The maximum Gasteiger partial charge on any atom is 0.243 e. The minimum atomic E-state index is -3.64. The second-order valence-electron chi connectivity index (χ2n) is 8.00. The molecular formula is C20H28N2O6S. The van der Waals surface area contributed by atoms with Gasteiger partial charge in [0.25, 0.3) is 0 Å². The number of nitrogens with zero attached hydrogens (tertiary/aromatic N) is 1. The first-order valence-electron chi connectivity index (χ1n) is 10.1. The SMILES string of the molecule is COCCC1(NC(=O)C2CC2)CCN(S(=O)(=O)c2ccc3c(c2)OCCO3)CC1. The molecule has 1 aromatic carbocycles. The Morgan fingerprint density at radius 3 is 2.55 bits per heavy atom. The number of carbonyl (C=O) groups is 1. The van der Waals surface area contributed by atoms with Gasteiger partial charge in [-0.15, -0.1) is 0 Å². The Hall–Kier alpha value is -1.84. The summed E-state index contributed by atoms with van der Waals surface area (Å²) in [7, 11) is -2.01. The van der Waals surface area contributed by atoms with Crippen molar-refractivity contribution in [3.05, 3.63) is 18.2 Å². The van der Waals surface area contributed by atoms with Gasteiger partial charge in [-0.2, -0.15) is 4.31 Å². The minimum absolute atomic E-state index is 0.0873. The molecule has 160 valence electrons. The van der Waals surface area contributed by atoms with Crippen LogP contribution >= 0.6 is 0 Å². The van der Waals surface area contributed by atoms with Crippen molar-refractivity contribution in [2.75, 3.05) is 40.0 Å². The lowest BCUT2D eigenvalue weighted by molar-refractivity contribution is -0.125. The first kappa shape index (κ1) is 20.4. The first-order chi connectivity index (χ1) is 13.9. The Morgan fingerprint density at radius 1 is 1.21 bits per heavy atom. The third-order valence-corrected chi connectivity index (χ3v) is 7.85. The number of hydrogen-bond donors (Lipinski definition) is 1. The van der Waals surface area contributed by atoms with Crippen LogP contribution in [0.3, 0.4) is 0 Å². The molecule has 9 heteroatoms. The van der Waals surface area contributed by atoms with Gasteiger partial charge in [0.2, 0.25) is 15.9 Å². The summed E-state index contributed by atoms with van der Waals surface area (Å²) < 4.78 is 44.0. The molecule has 0 radical (unpaired) electrons. The van der Waals surface area contributed by atoms with Gasteiger partial charge in [-0.05, 0) is 44.2 Å². The Balaban J connectivity index is 1.47. The van der Waals surface area contributed by atoms with Crippen LogP contribution in [0.25, 0.3) is 0 Å². The van der Waals surface area contributed by atoms with E-state index in [1.165, 1.54) is 10.4 Å². The van der Waals surface area contributed by atoms with Gasteiger partial charge < -0.3 is 19.5 Å². The van der Waals surface area contributed by atoms with Crippen LogP contribution in [-0.4, -0.2) is 64.2 Å². The number of carbonyl (C=O) groups excluding carboxylic acids is 1. The van der Waals surface area contributed by atoms with Crippen LogP contribution in [0.15, 0.2) is 23.1 Å². The van der Waals surface area contributed by atoms with E-state index in [0.29, 0.717) is 63.7 Å². The summed E-state index contributed by atoms with van der Waals surface area (Å²) in [6, 6.07) is 4.74. The summed E-state index contributed by atoms with van der Waals surface area (Å²) in [6.07, 6.45) is 3.70. The summed E-state index contributed by atoms with van der Waals surface area (Å²) in [6.45, 7) is 2.10. The number of methoxy groups -OCH3 is 1. The van der Waals surface area contributed by atoms with Crippen molar-refractivity contribution in [3.63, 3.8) is 0 Å². The van der Waals surface area contributed by atoms with Crippen LogP contribution in [0.1, 0.15) is 32.1 Å². The second-order valence-corrected chi connectivity index (χ2v) is 9.93. The Morgan fingerprint density at radius 2 is 1.90 bits per heavy atom. The van der Waals surface area contributed by atoms with E-state index >= 15 is 0 Å². The standard InChI is InChI=1S/C20H28N2O6S/c1-26-11-8-20(21-19(23)15-2-3-15)6-9-22(10-7-20)29(24,25)16-4-5-17-18(14-16)28-13-12-27-17/h4-5,14-15H,2-3,6-13H2,1H3,(H,21,23). The highest BCUT2D eigenvalue weighted by molar-refractivity contribution is 7.89. The van der Waals surface area contributed by atoms with Gasteiger partial charge in [0.05, 0.1) is 4.90 Å². The molecule has 29 heavy (non-hydrogen) atoms. The molecule has 0 atom stereocenters. The number of ether oxygens (including phenoxy) is 3. The molecule has 0 unspecified atom stereocenters. The molecule has 2 heterocycles. The average Bonchev–Trinajstić information content (AvgIpc) is 3.58. The van der Waals surface area contributed by atoms with Crippen molar-refractivity contribution < 1.29 is 27.4 Å². The molecular weight excluding hydrogens is 396 g/mol. The fourth-order valence-corrected chi connectivity index (χ4v) is 5.39. The van der Waals surface area contributed by atoms with Crippen molar-refractivity contribution >= 4 is 15.9 Å². The van der Waals surface area contributed by atoms with Crippen molar-refractivity contribution in [2.24, 2.45) is 5.92 Å². The highest BCUT2D eigenvalue weighted by Crippen LogP contribution is 2.36. The molecule has 1 saturated carbocycles. The zero-order valence-electron chi connectivity index (χ0n) is 16.7. The van der Waals surface area contributed by atoms with Crippen LogP contribution < -0.4 is 14.8 Å². The lowest BCUT2D eigenvalue weighted by atomic mass is 9.85. The fourth-order valence-electron chi connectivity index (χ4n) is 3.93. The molecule has 3 aliphatic rings. The molecule has 0 aromatic heterocycles. The van der Waals surface area contributed by atoms with E-state index in [0.717, 1.165) is 12.8 Å². The van der Waals surface area contributed by atoms with Crippen LogP contribution in [-0.2, 0) is 19.6 Å². The maximum atomic E-state index is 13.2. The average molecular weight is 425 g/mol. The smallest absolute Gasteiger partial charge is 0.243 e. The van der Waals surface area contributed by atoms with E-state index < -0.39 is 15.6 Å². The Bertz CT molecular complexity index is 860. The topological polar surface area (TPSA) is 94.2 Å². The number of amides is 1. The summed E-state index contributed by atoms with van der Waals surface area (Å²) in [5, 5.41) is 3.20. The van der Waals surface area contributed by atoms with Gasteiger partial charge >= 0.3 is 0 Å². The molecule has 0 bridgehead atoms. The molecule has 0 spiro atoms. The van der Waals surface area contributed by atoms with Crippen LogP contribution in [0.5, 0.6) is 11.5 Å². The second kappa shape index (κ2) is 8.12. The quantitative estimate of drug-likeness (QED) is 0.714. The summed E-state index contributed by atoms with van der Waals surface area (Å²) in [5.41, 5.74) is -0.408. The lowest BCUT2D eigenvalue weighted by Crippen LogP contribution is -2.56. The van der Waals surface area contributed by atoms with E-state index in [1.807, 2.05) is 0 Å². The number of benzene rings is 1. The van der Waals surface area contributed by atoms with Gasteiger partial charge in [-0.1, -0.05) is 0 Å². The summed E-state index contributed by atoms with van der Waals surface area (Å²) in [5.74, 6) is 1.23. The van der Waals surface area contributed by atoms with Gasteiger partial charge in [0.1, 0.15) is 13.2 Å². The number of sulfonamides is 1. The normalized spacial score (nSPS) is 21.6. The van der Waals surface area contributed by atoms with Crippen molar-refractivity contribution in [1.29, 1.82) is 0 Å². The monoisotopic (exact) mass is 424 g/mol. The van der Waals surface area contributed by atoms with E-state index in [1.54, 1.807) is 19.2 Å². The molecule has 1 N–H and O–H groups in total. The van der Waals surface area contributed by atoms with Gasteiger partial charge in [-0.25, -0.2) is 8.42 Å². The Labute approximate surface area is 171 Å². The highest BCUT2D eigenvalue weighted by Gasteiger charge is 2.42. The van der Waals surface area contributed by atoms with E-state index in [9.17, 15) is 13.2 Å². The zero-order valence-corrected chi connectivity index (χ0v) is 17.5. The van der Waals surface area contributed by atoms with Gasteiger partial charge in [0, 0.05) is 44.3 Å². The molecule has 1 saturated heterocycles. The molecule has 2 fully saturated rings. The van der Waals surface area contributed by atoms with E-state index in [-0.39, 0.29) is 16.7 Å². The fraction of sp³-hybridized carbons (Fsp3) is 0.650. The van der Waals surface area contributed by atoms with Crippen LogP contribution in [0.4, 0.5) is 0 Å². The van der Waals surface area contributed by atoms with Gasteiger partial charge in [-0.3, -0.25) is 4.79 Å². The van der Waals surface area contributed by atoms with E-state index in [4.69, 9.17) is 14.2 Å².